The van der Waals surface area contributed by atoms with Crippen LogP contribution in [0, 0.1) is 0 Å². The van der Waals surface area contributed by atoms with Crippen LogP contribution in [0.3, 0.4) is 0 Å². The van der Waals surface area contributed by atoms with Crippen LogP contribution in [0.2, 0.25) is 10.2 Å². The molecular weight excluding hydrogens is 444 g/mol. The maximum absolute atomic E-state index is 13.4. The van der Waals surface area contributed by atoms with Gasteiger partial charge < -0.3 is 5.32 Å². The Bertz CT molecular complexity index is 1230. The first kappa shape index (κ1) is 20.2. The Labute approximate surface area is 177 Å². The van der Waals surface area contributed by atoms with Crippen LogP contribution in [-0.4, -0.2) is 34.7 Å². The second-order valence-corrected chi connectivity index (χ2v) is 6.99. The summed E-state index contributed by atoms with van der Waals surface area (Å²) in [4.78, 5) is 20.0. The Morgan fingerprint density at radius 3 is 2.47 bits per heavy atom. The molecule has 0 aliphatic heterocycles. The van der Waals surface area contributed by atoms with Crippen molar-refractivity contribution in [1.82, 2.24) is 34.7 Å². The van der Waals surface area contributed by atoms with E-state index in [1.807, 2.05) is 0 Å². The Morgan fingerprint density at radius 1 is 0.967 bits per heavy atom. The van der Waals surface area contributed by atoms with Gasteiger partial charge >= 0.3 is 6.18 Å². The molecule has 30 heavy (non-hydrogen) atoms. The molecule has 1 aromatic carbocycles. The van der Waals surface area contributed by atoms with Crippen molar-refractivity contribution in [2.45, 2.75) is 19.1 Å². The van der Waals surface area contributed by atoms with E-state index >= 15 is 0 Å². The fourth-order valence-corrected chi connectivity index (χ4v) is 3.26. The van der Waals surface area contributed by atoms with Gasteiger partial charge in [-0.2, -0.15) is 23.0 Å². The zero-order valence-corrected chi connectivity index (χ0v) is 16.6. The zero-order valence-electron chi connectivity index (χ0n) is 15.1. The van der Waals surface area contributed by atoms with Crippen LogP contribution in [0.25, 0.3) is 16.7 Å². The number of aromatic nitrogens is 7. The fraction of sp³-hybridized carbons (Fsp3) is 0.176. The molecule has 1 atom stereocenters. The molecule has 8 nitrogen and oxygen atoms in total. The molecule has 0 amide bonds. The van der Waals surface area contributed by atoms with E-state index in [2.05, 4.69) is 35.3 Å². The highest BCUT2D eigenvalue weighted by Crippen LogP contribution is 2.38. The molecule has 0 spiro atoms. The number of nitrogens with zero attached hydrogens (tertiary/aromatic N) is 7. The molecule has 1 N–H and O–H groups in total. The molecule has 0 fully saturated rings. The Morgan fingerprint density at radius 2 is 1.73 bits per heavy atom. The van der Waals surface area contributed by atoms with Crippen LogP contribution < -0.4 is 5.32 Å². The van der Waals surface area contributed by atoms with Crippen molar-refractivity contribution in [3.05, 3.63) is 58.7 Å². The summed E-state index contributed by atoms with van der Waals surface area (Å²) in [6.45, 7) is 1.74. The second-order valence-electron chi connectivity index (χ2n) is 6.16. The zero-order chi connectivity index (χ0) is 21.5. The van der Waals surface area contributed by atoms with Gasteiger partial charge in [-0.1, -0.05) is 23.2 Å². The molecule has 0 aliphatic carbocycles. The van der Waals surface area contributed by atoms with Crippen LogP contribution in [0.15, 0.2) is 37.2 Å². The van der Waals surface area contributed by atoms with E-state index in [9.17, 15) is 13.2 Å². The summed E-state index contributed by atoms with van der Waals surface area (Å²) in [5, 5.41) is 7.43. The van der Waals surface area contributed by atoms with Gasteiger partial charge in [0.05, 0.1) is 17.1 Å². The molecule has 13 heteroatoms. The van der Waals surface area contributed by atoms with Crippen LogP contribution >= 0.6 is 23.2 Å². The molecule has 4 aromatic rings. The van der Waals surface area contributed by atoms with Crippen LogP contribution in [0.5, 0.6) is 0 Å². The van der Waals surface area contributed by atoms with Gasteiger partial charge in [0.2, 0.25) is 0 Å². The molecule has 0 saturated carbocycles. The van der Waals surface area contributed by atoms with Gasteiger partial charge in [-0.3, -0.25) is 0 Å². The van der Waals surface area contributed by atoms with Gasteiger partial charge in [-0.05, 0) is 19.1 Å². The topological polar surface area (TPSA) is 94.3 Å². The van der Waals surface area contributed by atoms with E-state index in [0.717, 1.165) is 12.4 Å². The molecule has 0 saturated heterocycles. The third kappa shape index (κ3) is 3.85. The third-order valence-corrected chi connectivity index (χ3v) is 4.58. The maximum atomic E-state index is 13.4. The van der Waals surface area contributed by atoms with Gasteiger partial charge in [0.25, 0.3) is 0 Å². The summed E-state index contributed by atoms with van der Waals surface area (Å²) in [5.41, 5.74) is -1.21. The fourth-order valence-electron chi connectivity index (χ4n) is 2.90. The van der Waals surface area contributed by atoms with E-state index in [-0.39, 0.29) is 26.9 Å². The minimum Gasteiger partial charge on any atom is -0.360 e. The average Bonchev–Trinajstić information content (AvgIpc) is 3.17. The number of hydrogen-bond acceptors (Lipinski definition) is 7. The van der Waals surface area contributed by atoms with E-state index < -0.39 is 17.8 Å². The predicted molar refractivity (Wildman–Crippen MR) is 104 cm³/mol. The molecule has 3 aromatic heterocycles. The SMILES string of the molecule is CC(Nc1ncnc2c(C(F)(F)F)cc(Cl)cc12)c1ncnn1-c1cc(Cl)ncn1. The van der Waals surface area contributed by atoms with E-state index in [1.165, 1.54) is 29.5 Å². The standard InChI is InChI=1S/C17H11Cl2F3N8/c1-8(16-27-7-28-30(16)13-4-12(19)23-5-24-13)29-15-10-2-9(18)3-11(17(20,21)22)14(10)25-6-26-15/h2-8H,1H3,(H,25,26,29). The van der Waals surface area contributed by atoms with Gasteiger partial charge in [0, 0.05) is 16.5 Å². The van der Waals surface area contributed by atoms with Crippen molar-refractivity contribution in [2.24, 2.45) is 0 Å². The van der Waals surface area contributed by atoms with Gasteiger partial charge in [-0.15, -0.1) is 0 Å². The lowest BCUT2D eigenvalue weighted by atomic mass is 10.1. The molecule has 0 radical (unpaired) electrons. The molecule has 154 valence electrons. The summed E-state index contributed by atoms with van der Waals surface area (Å²) >= 11 is 11.8. The Balaban J connectivity index is 1.74. The number of halogens is 5. The predicted octanol–water partition coefficient (Wildman–Crippen LogP) is 4.50. The van der Waals surface area contributed by atoms with Crippen LogP contribution in [-0.2, 0) is 6.18 Å². The number of nitrogens with one attached hydrogen (secondary N) is 1. The van der Waals surface area contributed by atoms with Crippen LogP contribution in [0.4, 0.5) is 19.0 Å². The highest BCUT2D eigenvalue weighted by atomic mass is 35.5. The lowest BCUT2D eigenvalue weighted by Gasteiger charge is -2.17. The Kier molecular flexibility index (Phi) is 5.16. The van der Waals surface area contributed by atoms with Crippen molar-refractivity contribution in [1.29, 1.82) is 0 Å². The second kappa shape index (κ2) is 7.65. The molecular formula is C17H11Cl2F3N8. The monoisotopic (exact) mass is 454 g/mol. The first-order chi connectivity index (χ1) is 14.2. The average molecular weight is 455 g/mol. The summed E-state index contributed by atoms with van der Waals surface area (Å²) in [7, 11) is 0. The van der Waals surface area contributed by atoms with Crippen molar-refractivity contribution < 1.29 is 13.2 Å². The lowest BCUT2D eigenvalue weighted by Crippen LogP contribution is -2.16. The van der Waals surface area contributed by atoms with Gasteiger partial charge in [0.15, 0.2) is 11.6 Å². The molecule has 1 unspecified atom stereocenters. The molecule has 0 aliphatic rings. The summed E-state index contributed by atoms with van der Waals surface area (Å²) < 4.78 is 41.6. The van der Waals surface area contributed by atoms with Gasteiger partial charge in [-0.25, -0.2) is 24.9 Å². The van der Waals surface area contributed by atoms with Crippen molar-refractivity contribution in [3.63, 3.8) is 0 Å². The summed E-state index contributed by atoms with van der Waals surface area (Å²) in [6, 6.07) is 3.19. The van der Waals surface area contributed by atoms with Crippen molar-refractivity contribution in [2.75, 3.05) is 5.32 Å². The normalized spacial score (nSPS) is 12.9. The minimum atomic E-state index is -4.62. The first-order valence-electron chi connectivity index (χ1n) is 8.40. The number of benzene rings is 1. The molecule has 0 bridgehead atoms. The smallest absolute Gasteiger partial charge is 0.360 e. The summed E-state index contributed by atoms with van der Waals surface area (Å²) in [5.74, 6) is 0.969. The highest BCUT2D eigenvalue weighted by molar-refractivity contribution is 6.31. The minimum absolute atomic E-state index is 0.0841. The first-order valence-corrected chi connectivity index (χ1v) is 9.15. The molecule has 3 heterocycles. The van der Waals surface area contributed by atoms with E-state index in [0.29, 0.717) is 11.6 Å². The highest BCUT2D eigenvalue weighted by Gasteiger charge is 2.34. The number of rotatable bonds is 4. The van der Waals surface area contributed by atoms with Crippen molar-refractivity contribution in [3.8, 4) is 5.82 Å². The van der Waals surface area contributed by atoms with Crippen LogP contribution in [0.1, 0.15) is 24.4 Å². The van der Waals surface area contributed by atoms with Crippen molar-refractivity contribution >= 4 is 39.9 Å². The molecule has 4 rings (SSSR count). The number of hydrogen-bond donors (Lipinski definition) is 1. The maximum Gasteiger partial charge on any atom is 0.418 e. The number of alkyl halides is 3. The third-order valence-electron chi connectivity index (χ3n) is 4.16. The number of fused-ring (bicyclic) bond motifs is 1. The number of anilines is 1. The Hall–Kier alpha value is -3.05. The summed E-state index contributed by atoms with van der Waals surface area (Å²) in [6.07, 6.45) is -0.970. The largest absolute Gasteiger partial charge is 0.418 e. The van der Waals surface area contributed by atoms with E-state index in [4.69, 9.17) is 23.2 Å². The lowest BCUT2D eigenvalue weighted by molar-refractivity contribution is -0.136. The van der Waals surface area contributed by atoms with Gasteiger partial charge in [0.1, 0.15) is 30.0 Å². The van der Waals surface area contributed by atoms with E-state index in [1.54, 1.807) is 6.92 Å². The quantitative estimate of drug-likeness (QED) is 0.453.